The lowest BCUT2D eigenvalue weighted by molar-refractivity contribution is 1.46. The summed E-state index contributed by atoms with van der Waals surface area (Å²) in [7, 11) is 0. The van der Waals surface area contributed by atoms with Crippen LogP contribution in [-0.2, 0) is 0 Å². The maximum absolute atomic E-state index is 4.38. The van der Waals surface area contributed by atoms with Gasteiger partial charge in [0, 0.05) is 6.21 Å². The molecule has 2 aromatic rings. The van der Waals surface area contributed by atoms with Crippen LogP contribution in [0, 0.1) is 6.92 Å². The van der Waals surface area contributed by atoms with Crippen LogP contribution in [0.5, 0.6) is 0 Å². The zero-order chi connectivity index (χ0) is 10.5. The van der Waals surface area contributed by atoms with Gasteiger partial charge in [-0.1, -0.05) is 48.0 Å². The maximum Gasteiger partial charge on any atom is 0.0629 e. The molecule has 0 saturated heterocycles. The fourth-order valence-electron chi connectivity index (χ4n) is 1.32. The van der Waals surface area contributed by atoms with E-state index in [0.717, 1.165) is 11.3 Å². The van der Waals surface area contributed by atoms with Crippen molar-refractivity contribution in [3.63, 3.8) is 0 Å². The zero-order valence-electron chi connectivity index (χ0n) is 8.72. The summed E-state index contributed by atoms with van der Waals surface area (Å²) >= 11 is 0. The first-order chi connectivity index (χ1) is 7.34. The van der Waals surface area contributed by atoms with E-state index in [2.05, 4.69) is 36.2 Å². The first kappa shape index (κ1) is 9.66. The molecular weight excluding hydrogens is 182 g/mol. The molecule has 1 heteroatoms. The van der Waals surface area contributed by atoms with Crippen molar-refractivity contribution in [2.24, 2.45) is 4.99 Å². The minimum absolute atomic E-state index is 0.984. The Labute approximate surface area is 90.1 Å². The Morgan fingerprint density at radius 3 is 2.20 bits per heavy atom. The normalized spacial score (nSPS) is 10.7. The van der Waals surface area contributed by atoms with Crippen LogP contribution in [0.1, 0.15) is 11.1 Å². The molecule has 0 N–H and O–H groups in total. The summed E-state index contributed by atoms with van der Waals surface area (Å²) in [6.07, 6.45) is 1.88. The quantitative estimate of drug-likeness (QED) is 0.647. The standard InChI is InChI=1S/C14H13N/c1-12-7-9-13(10-8-12)11-15-14-5-3-2-4-6-14/h2-11H,1H3/b15-11+. The molecule has 2 aromatic carbocycles. The number of benzene rings is 2. The summed E-state index contributed by atoms with van der Waals surface area (Å²) in [6, 6.07) is 18.3. The van der Waals surface area contributed by atoms with Crippen LogP contribution in [0.15, 0.2) is 59.6 Å². The van der Waals surface area contributed by atoms with Gasteiger partial charge in [-0.2, -0.15) is 0 Å². The molecule has 0 bridgehead atoms. The number of aliphatic imine (C=N–C) groups is 1. The number of hydrogen-bond donors (Lipinski definition) is 0. The van der Waals surface area contributed by atoms with E-state index in [4.69, 9.17) is 0 Å². The number of nitrogens with zero attached hydrogens (tertiary/aromatic N) is 1. The predicted molar refractivity (Wildman–Crippen MR) is 64.9 cm³/mol. The molecule has 74 valence electrons. The average molecular weight is 195 g/mol. The lowest BCUT2D eigenvalue weighted by Gasteiger charge is -1.94. The third-order valence-electron chi connectivity index (χ3n) is 2.20. The highest BCUT2D eigenvalue weighted by molar-refractivity contribution is 5.81. The largest absolute Gasteiger partial charge is 0.256 e. The van der Waals surface area contributed by atoms with Crippen molar-refractivity contribution in [3.05, 3.63) is 65.7 Å². The molecule has 0 spiro atoms. The van der Waals surface area contributed by atoms with E-state index in [9.17, 15) is 0 Å². The van der Waals surface area contributed by atoms with E-state index in [1.54, 1.807) is 0 Å². The van der Waals surface area contributed by atoms with Gasteiger partial charge in [-0.25, -0.2) is 0 Å². The second-order valence-corrected chi connectivity index (χ2v) is 3.50. The molecule has 0 aromatic heterocycles. The van der Waals surface area contributed by atoms with Crippen molar-refractivity contribution < 1.29 is 0 Å². The Kier molecular flexibility index (Phi) is 2.93. The molecule has 15 heavy (non-hydrogen) atoms. The molecule has 0 amide bonds. The summed E-state index contributed by atoms with van der Waals surface area (Å²) in [5, 5.41) is 0. The Morgan fingerprint density at radius 2 is 1.53 bits per heavy atom. The summed E-state index contributed by atoms with van der Waals surface area (Å²) in [6.45, 7) is 2.08. The molecule has 2 rings (SSSR count). The highest BCUT2D eigenvalue weighted by Crippen LogP contribution is 2.10. The molecule has 0 aliphatic heterocycles. The summed E-state index contributed by atoms with van der Waals surface area (Å²) in [5.41, 5.74) is 3.38. The number of hydrogen-bond acceptors (Lipinski definition) is 1. The second-order valence-electron chi connectivity index (χ2n) is 3.50. The van der Waals surface area contributed by atoms with Crippen LogP contribution in [0.3, 0.4) is 0 Å². The first-order valence-corrected chi connectivity index (χ1v) is 5.00. The molecule has 0 fully saturated rings. The van der Waals surface area contributed by atoms with E-state index in [0.29, 0.717) is 0 Å². The lowest BCUT2D eigenvalue weighted by atomic mass is 10.2. The van der Waals surface area contributed by atoms with E-state index in [-0.39, 0.29) is 0 Å². The minimum Gasteiger partial charge on any atom is -0.256 e. The van der Waals surface area contributed by atoms with Crippen LogP contribution in [-0.4, -0.2) is 6.21 Å². The fourth-order valence-corrected chi connectivity index (χ4v) is 1.32. The molecule has 0 aliphatic rings. The van der Waals surface area contributed by atoms with Crippen LogP contribution >= 0.6 is 0 Å². The van der Waals surface area contributed by atoms with Crippen molar-refractivity contribution in [3.8, 4) is 0 Å². The van der Waals surface area contributed by atoms with Crippen molar-refractivity contribution in [2.75, 3.05) is 0 Å². The second kappa shape index (κ2) is 4.56. The van der Waals surface area contributed by atoms with Gasteiger partial charge in [-0.05, 0) is 24.6 Å². The van der Waals surface area contributed by atoms with Crippen molar-refractivity contribution >= 4 is 11.9 Å². The van der Waals surface area contributed by atoms with Gasteiger partial charge in [0.15, 0.2) is 0 Å². The third kappa shape index (κ3) is 2.78. The van der Waals surface area contributed by atoms with Crippen LogP contribution in [0.4, 0.5) is 5.69 Å². The van der Waals surface area contributed by atoms with Gasteiger partial charge in [-0.3, -0.25) is 4.99 Å². The van der Waals surface area contributed by atoms with Crippen LogP contribution in [0.2, 0.25) is 0 Å². The Balaban J connectivity index is 2.15. The molecule has 0 atom stereocenters. The lowest BCUT2D eigenvalue weighted by Crippen LogP contribution is -1.80. The van der Waals surface area contributed by atoms with Crippen molar-refractivity contribution in [1.29, 1.82) is 0 Å². The Hall–Kier alpha value is -1.89. The van der Waals surface area contributed by atoms with Gasteiger partial charge in [-0.15, -0.1) is 0 Å². The molecule has 0 heterocycles. The molecule has 0 saturated carbocycles. The van der Waals surface area contributed by atoms with Crippen molar-refractivity contribution in [2.45, 2.75) is 6.92 Å². The smallest absolute Gasteiger partial charge is 0.0629 e. The zero-order valence-corrected chi connectivity index (χ0v) is 8.72. The van der Waals surface area contributed by atoms with Gasteiger partial charge in [0.25, 0.3) is 0 Å². The molecule has 1 nitrogen and oxygen atoms in total. The monoisotopic (exact) mass is 195 g/mol. The molecular formula is C14H13N. The highest BCUT2D eigenvalue weighted by Gasteiger charge is 1.87. The summed E-state index contributed by atoms with van der Waals surface area (Å²) in [5.74, 6) is 0. The number of rotatable bonds is 2. The van der Waals surface area contributed by atoms with E-state index in [1.165, 1.54) is 5.56 Å². The molecule has 0 unspecified atom stereocenters. The van der Waals surface area contributed by atoms with Gasteiger partial charge in [0.05, 0.1) is 5.69 Å². The van der Waals surface area contributed by atoms with Crippen LogP contribution < -0.4 is 0 Å². The topological polar surface area (TPSA) is 12.4 Å². The summed E-state index contributed by atoms with van der Waals surface area (Å²) < 4.78 is 0. The minimum atomic E-state index is 0.984. The Bertz CT molecular complexity index is 441. The highest BCUT2D eigenvalue weighted by atomic mass is 14.7. The predicted octanol–water partition coefficient (Wildman–Crippen LogP) is 3.75. The van der Waals surface area contributed by atoms with Crippen molar-refractivity contribution in [1.82, 2.24) is 0 Å². The molecule has 0 aliphatic carbocycles. The molecule has 0 radical (unpaired) electrons. The van der Waals surface area contributed by atoms with Gasteiger partial charge in [0.2, 0.25) is 0 Å². The Morgan fingerprint density at radius 1 is 0.867 bits per heavy atom. The maximum atomic E-state index is 4.38. The fraction of sp³-hybridized carbons (Fsp3) is 0.0714. The summed E-state index contributed by atoms with van der Waals surface area (Å²) in [4.78, 5) is 4.38. The SMILES string of the molecule is Cc1ccc(/C=N/c2ccccc2)cc1. The third-order valence-corrected chi connectivity index (χ3v) is 2.20. The number of aryl methyl sites for hydroxylation is 1. The van der Waals surface area contributed by atoms with Gasteiger partial charge in [0.1, 0.15) is 0 Å². The van der Waals surface area contributed by atoms with Crippen LogP contribution in [0.25, 0.3) is 0 Å². The van der Waals surface area contributed by atoms with Gasteiger partial charge >= 0.3 is 0 Å². The van der Waals surface area contributed by atoms with Gasteiger partial charge < -0.3 is 0 Å². The van der Waals surface area contributed by atoms with E-state index < -0.39 is 0 Å². The van der Waals surface area contributed by atoms with E-state index >= 15 is 0 Å². The number of para-hydroxylation sites is 1. The van der Waals surface area contributed by atoms with E-state index in [1.807, 2.05) is 36.5 Å². The first-order valence-electron chi connectivity index (χ1n) is 5.00. The average Bonchev–Trinajstić information content (AvgIpc) is 2.30.